The van der Waals surface area contributed by atoms with Gasteiger partial charge in [0.15, 0.2) is 0 Å². The SMILES string of the molecule is CC1=C(/C=C\C2C(C)CC2C)C(C)(C)CCCN1C. The molecule has 0 radical (unpaired) electrons. The van der Waals surface area contributed by atoms with Crippen LogP contribution in [0.1, 0.15) is 53.9 Å². The molecule has 1 aliphatic heterocycles. The molecule has 1 fully saturated rings. The summed E-state index contributed by atoms with van der Waals surface area (Å²) in [5.74, 6) is 2.54. The lowest BCUT2D eigenvalue weighted by Gasteiger charge is -2.39. The van der Waals surface area contributed by atoms with Crippen LogP contribution in [0.3, 0.4) is 0 Å². The predicted octanol–water partition coefficient (Wildman–Crippen LogP) is 4.86. The fraction of sp³-hybridized carbons (Fsp3) is 0.778. The largest absolute Gasteiger partial charge is 0.378 e. The van der Waals surface area contributed by atoms with Gasteiger partial charge in [-0.3, -0.25) is 0 Å². The smallest absolute Gasteiger partial charge is 0.0172 e. The molecule has 0 aromatic carbocycles. The number of allylic oxidation sites excluding steroid dienone is 4. The molecule has 2 rings (SSSR count). The summed E-state index contributed by atoms with van der Waals surface area (Å²) in [5, 5.41) is 0. The topological polar surface area (TPSA) is 3.24 Å². The predicted molar refractivity (Wildman–Crippen MR) is 83.9 cm³/mol. The second-order valence-electron chi connectivity index (χ2n) is 7.53. The van der Waals surface area contributed by atoms with Crippen LogP contribution in [0.5, 0.6) is 0 Å². The van der Waals surface area contributed by atoms with E-state index in [1.807, 2.05) is 0 Å². The highest BCUT2D eigenvalue weighted by atomic mass is 15.1. The first kappa shape index (κ1) is 14.7. The molecule has 19 heavy (non-hydrogen) atoms. The standard InChI is InChI=1S/C18H31N/c1-13-12-14(2)16(13)8-9-17-15(3)19(6)11-7-10-18(17,4)5/h8-9,13-14,16H,7,10-12H2,1-6H3/b9-8-. The van der Waals surface area contributed by atoms with Crippen molar-refractivity contribution in [1.29, 1.82) is 0 Å². The van der Waals surface area contributed by atoms with E-state index in [9.17, 15) is 0 Å². The van der Waals surface area contributed by atoms with Gasteiger partial charge in [-0.05, 0) is 54.9 Å². The fourth-order valence-electron chi connectivity index (χ4n) is 3.95. The van der Waals surface area contributed by atoms with E-state index in [0.29, 0.717) is 5.41 Å². The van der Waals surface area contributed by atoms with E-state index in [4.69, 9.17) is 0 Å². The van der Waals surface area contributed by atoms with Gasteiger partial charge in [0.2, 0.25) is 0 Å². The molecule has 0 aromatic heterocycles. The number of rotatable bonds is 2. The summed E-state index contributed by atoms with van der Waals surface area (Å²) >= 11 is 0. The van der Waals surface area contributed by atoms with Crippen molar-refractivity contribution in [2.75, 3.05) is 13.6 Å². The van der Waals surface area contributed by atoms with Crippen molar-refractivity contribution in [3.63, 3.8) is 0 Å². The first-order chi connectivity index (χ1) is 8.83. The maximum atomic E-state index is 2.50. The monoisotopic (exact) mass is 261 g/mol. The normalized spacial score (nSPS) is 35.5. The molecule has 0 bridgehead atoms. The Labute approximate surface area is 119 Å². The first-order valence-electron chi connectivity index (χ1n) is 7.93. The molecular formula is C18H31N. The number of nitrogens with zero attached hydrogens (tertiary/aromatic N) is 1. The van der Waals surface area contributed by atoms with Gasteiger partial charge in [0, 0.05) is 19.3 Å². The summed E-state index contributed by atoms with van der Waals surface area (Å²) in [7, 11) is 2.24. The Morgan fingerprint density at radius 3 is 2.42 bits per heavy atom. The molecule has 0 N–H and O–H groups in total. The third kappa shape index (κ3) is 2.90. The molecule has 2 unspecified atom stereocenters. The summed E-state index contributed by atoms with van der Waals surface area (Å²) < 4.78 is 0. The van der Waals surface area contributed by atoms with Crippen LogP contribution in [-0.4, -0.2) is 18.5 Å². The molecular weight excluding hydrogens is 230 g/mol. The summed E-state index contributed by atoms with van der Waals surface area (Å²) in [4.78, 5) is 2.43. The second-order valence-corrected chi connectivity index (χ2v) is 7.53. The zero-order chi connectivity index (χ0) is 14.2. The molecule has 1 aliphatic carbocycles. The van der Waals surface area contributed by atoms with E-state index in [0.717, 1.165) is 17.8 Å². The van der Waals surface area contributed by atoms with Crippen molar-refractivity contribution >= 4 is 0 Å². The average molecular weight is 261 g/mol. The van der Waals surface area contributed by atoms with E-state index in [1.165, 1.54) is 31.5 Å². The van der Waals surface area contributed by atoms with Crippen LogP contribution >= 0.6 is 0 Å². The molecule has 1 saturated carbocycles. The molecule has 0 aromatic rings. The van der Waals surface area contributed by atoms with Gasteiger partial charge in [0.05, 0.1) is 0 Å². The fourth-order valence-corrected chi connectivity index (χ4v) is 3.95. The van der Waals surface area contributed by atoms with Gasteiger partial charge in [-0.25, -0.2) is 0 Å². The molecule has 2 aliphatic rings. The summed E-state index contributed by atoms with van der Waals surface area (Å²) in [6.45, 7) is 13.1. The molecule has 0 saturated heterocycles. The minimum Gasteiger partial charge on any atom is -0.378 e. The lowest BCUT2D eigenvalue weighted by atomic mass is 9.66. The Kier molecular flexibility index (Phi) is 4.13. The van der Waals surface area contributed by atoms with Crippen LogP contribution in [0, 0.1) is 23.2 Å². The minimum atomic E-state index is 0.321. The van der Waals surface area contributed by atoms with Gasteiger partial charge in [-0.2, -0.15) is 0 Å². The summed E-state index contributed by atoms with van der Waals surface area (Å²) in [6.07, 6.45) is 8.95. The lowest BCUT2D eigenvalue weighted by Crippen LogP contribution is -2.31. The average Bonchev–Trinajstić information content (AvgIpc) is 2.41. The van der Waals surface area contributed by atoms with E-state index in [2.05, 4.69) is 58.7 Å². The number of hydrogen-bond donors (Lipinski definition) is 0. The van der Waals surface area contributed by atoms with Crippen molar-refractivity contribution in [2.45, 2.75) is 53.9 Å². The Balaban J connectivity index is 2.23. The van der Waals surface area contributed by atoms with Gasteiger partial charge < -0.3 is 4.90 Å². The van der Waals surface area contributed by atoms with Gasteiger partial charge >= 0.3 is 0 Å². The highest BCUT2D eigenvalue weighted by Gasteiger charge is 2.33. The Morgan fingerprint density at radius 2 is 1.84 bits per heavy atom. The van der Waals surface area contributed by atoms with Crippen LogP contribution in [0.15, 0.2) is 23.4 Å². The Morgan fingerprint density at radius 1 is 1.21 bits per heavy atom. The number of hydrogen-bond acceptors (Lipinski definition) is 1. The highest BCUT2D eigenvalue weighted by Crippen LogP contribution is 2.43. The Hall–Kier alpha value is -0.720. The summed E-state index contributed by atoms with van der Waals surface area (Å²) in [6, 6.07) is 0. The maximum absolute atomic E-state index is 2.50. The van der Waals surface area contributed by atoms with Crippen LogP contribution < -0.4 is 0 Å². The summed E-state index contributed by atoms with van der Waals surface area (Å²) in [5.41, 5.74) is 3.35. The molecule has 108 valence electrons. The molecule has 0 amide bonds. The van der Waals surface area contributed by atoms with E-state index in [-0.39, 0.29) is 0 Å². The van der Waals surface area contributed by atoms with Gasteiger partial charge in [0.1, 0.15) is 0 Å². The van der Waals surface area contributed by atoms with Crippen molar-refractivity contribution in [2.24, 2.45) is 23.2 Å². The zero-order valence-electron chi connectivity index (χ0n) is 13.7. The quantitative estimate of drug-likeness (QED) is 0.686. The molecule has 1 nitrogen and oxygen atoms in total. The maximum Gasteiger partial charge on any atom is 0.0172 e. The van der Waals surface area contributed by atoms with Crippen LogP contribution in [0.2, 0.25) is 0 Å². The minimum absolute atomic E-state index is 0.321. The van der Waals surface area contributed by atoms with Gasteiger partial charge in [-0.1, -0.05) is 39.8 Å². The van der Waals surface area contributed by atoms with Crippen molar-refractivity contribution in [3.8, 4) is 0 Å². The van der Waals surface area contributed by atoms with Gasteiger partial charge in [-0.15, -0.1) is 0 Å². The Bertz CT molecular complexity index is 380. The van der Waals surface area contributed by atoms with Crippen molar-refractivity contribution in [1.82, 2.24) is 4.90 Å². The van der Waals surface area contributed by atoms with Crippen molar-refractivity contribution in [3.05, 3.63) is 23.4 Å². The molecule has 0 spiro atoms. The van der Waals surface area contributed by atoms with Crippen LogP contribution in [0.4, 0.5) is 0 Å². The van der Waals surface area contributed by atoms with E-state index < -0.39 is 0 Å². The lowest BCUT2D eigenvalue weighted by molar-refractivity contribution is 0.148. The van der Waals surface area contributed by atoms with Gasteiger partial charge in [0.25, 0.3) is 0 Å². The molecule has 1 heteroatoms. The van der Waals surface area contributed by atoms with Crippen LogP contribution in [-0.2, 0) is 0 Å². The van der Waals surface area contributed by atoms with E-state index >= 15 is 0 Å². The third-order valence-electron chi connectivity index (χ3n) is 5.53. The molecule has 1 heterocycles. The first-order valence-corrected chi connectivity index (χ1v) is 7.93. The van der Waals surface area contributed by atoms with Crippen LogP contribution in [0.25, 0.3) is 0 Å². The molecule has 2 atom stereocenters. The van der Waals surface area contributed by atoms with E-state index in [1.54, 1.807) is 5.57 Å². The highest BCUT2D eigenvalue weighted by molar-refractivity contribution is 5.31. The zero-order valence-corrected chi connectivity index (χ0v) is 13.7. The third-order valence-corrected chi connectivity index (χ3v) is 5.53. The van der Waals surface area contributed by atoms with Crippen molar-refractivity contribution < 1.29 is 0 Å². The second kappa shape index (κ2) is 5.34.